The number of benzene rings is 2. The van der Waals surface area contributed by atoms with E-state index in [1.165, 1.54) is 49.0 Å². The number of hydrogen-bond donors (Lipinski definition) is 1. The summed E-state index contributed by atoms with van der Waals surface area (Å²) in [4.78, 5) is 2.71. The fourth-order valence-corrected chi connectivity index (χ4v) is 4.00. The van der Waals surface area contributed by atoms with Crippen molar-refractivity contribution in [1.82, 2.24) is 10.2 Å². The molecule has 1 atom stereocenters. The maximum atomic E-state index is 3.48. The quantitative estimate of drug-likeness (QED) is 0.809. The molecule has 0 unspecified atom stereocenters. The Balaban J connectivity index is 0.00000113. The van der Waals surface area contributed by atoms with Gasteiger partial charge in [0.15, 0.2) is 0 Å². The molecule has 4 heteroatoms. The van der Waals surface area contributed by atoms with Gasteiger partial charge in [-0.1, -0.05) is 61.0 Å². The van der Waals surface area contributed by atoms with E-state index in [0.717, 1.165) is 19.0 Å². The Bertz CT molecular complexity index is 620. The topological polar surface area (TPSA) is 15.3 Å². The van der Waals surface area contributed by atoms with Crippen molar-refractivity contribution in [2.75, 3.05) is 26.2 Å². The predicted molar refractivity (Wildman–Crippen MR) is 111 cm³/mol. The highest BCUT2D eigenvalue weighted by Gasteiger charge is 2.33. The van der Waals surface area contributed by atoms with Gasteiger partial charge in [0.25, 0.3) is 0 Å². The molecule has 2 aromatic rings. The summed E-state index contributed by atoms with van der Waals surface area (Å²) in [6.07, 6.45) is 4.21. The highest BCUT2D eigenvalue weighted by Crippen LogP contribution is 2.41. The van der Waals surface area contributed by atoms with E-state index in [-0.39, 0.29) is 24.8 Å². The van der Waals surface area contributed by atoms with Crippen LogP contribution in [0.1, 0.15) is 30.9 Å². The average Bonchev–Trinajstić information content (AvgIpc) is 2.60. The summed E-state index contributed by atoms with van der Waals surface area (Å²) in [5.41, 5.74) is 4.14. The molecule has 1 saturated heterocycles. The van der Waals surface area contributed by atoms with E-state index in [9.17, 15) is 0 Å². The standard InChI is InChI=1S/C21H26N2.2ClH/c1-2-5-17(6-3-1)18-9-11-20(12-10-18)21(19-7-4-8-19)23-15-13-22-14-16-23;;/h1-3,5-6,9-12,19,21-22H,4,7-8,13-16H2;2*1H/t21-;;/m1../s1. The minimum absolute atomic E-state index is 0. The number of nitrogens with zero attached hydrogens (tertiary/aromatic N) is 1. The van der Waals surface area contributed by atoms with Gasteiger partial charge in [0, 0.05) is 32.2 Å². The van der Waals surface area contributed by atoms with E-state index in [0.29, 0.717) is 6.04 Å². The van der Waals surface area contributed by atoms with E-state index in [4.69, 9.17) is 0 Å². The largest absolute Gasteiger partial charge is 0.314 e. The summed E-state index contributed by atoms with van der Waals surface area (Å²) >= 11 is 0. The van der Waals surface area contributed by atoms with Crippen LogP contribution in [0.2, 0.25) is 0 Å². The molecule has 25 heavy (non-hydrogen) atoms. The van der Waals surface area contributed by atoms with Crippen LogP contribution in [0.3, 0.4) is 0 Å². The molecule has 0 bridgehead atoms. The van der Waals surface area contributed by atoms with Crippen molar-refractivity contribution in [2.24, 2.45) is 5.92 Å². The van der Waals surface area contributed by atoms with Gasteiger partial charge in [0.1, 0.15) is 0 Å². The van der Waals surface area contributed by atoms with Gasteiger partial charge in [-0.3, -0.25) is 4.90 Å². The third kappa shape index (κ3) is 4.57. The van der Waals surface area contributed by atoms with Crippen LogP contribution in [-0.2, 0) is 0 Å². The molecule has 0 aromatic heterocycles. The number of piperazine rings is 1. The summed E-state index contributed by atoms with van der Waals surface area (Å²) in [6.45, 7) is 4.62. The van der Waals surface area contributed by atoms with Gasteiger partial charge in [-0.15, -0.1) is 24.8 Å². The van der Waals surface area contributed by atoms with Crippen molar-refractivity contribution >= 4 is 24.8 Å². The molecular weight excluding hydrogens is 351 g/mol. The molecule has 1 saturated carbocycles. The Morgan fingerprint density at radius 2 is 1.40 bits per heavy atom. The van der Waals surface area contributed by atoms with Crippen LogP contribution in [-0.4, -0.2) is 31.1 Å². The second-order valence-electron chi connectivity index (χ2n) is 6.91. The summed E-state index contributed by atoms with van der Waals surface area (Å²) < 4.78 is 0. The molecule has 1 N–H and O–H groups in total. The minimum Gasteiger partial charge on any atom is -0.314 e. The van der Waals surface area contributed by atoms with E-state index >= 15 is 0 Å². The van der Waals surface area contributed by atoms with Crippen LogP contribution in [0.5, 0.6) is 0 Å². The average molecular weight is 379 g/mol. The lowest BCUT2D eigenvalue weighted by Gasteiger charge is -2.43. The molecule has 2 nitrogen and oxygen atoms in total. The number of halogens is 2. The second kappa shape index (κ2) is 9.59. The summed E-state index contributed by atoms with van der Waals surface area (Å²) in [6, 6.07) is 20.6. The van der Waals surface area contributed by atoms with Crippen LogP contribution >= 0.6 is 24.8 Å². The van der Waals surface area contributed by atoms with E-state index in [1.807, 2.05) is 0 Å². The number of rotatable bonds is 4. The third-order valence-corrected chi connectivity index (χ3v) is 5.50. The Labute approximate surface area is 163 Å². The predicted octanol–water partition coefficient (Wildman–Crippen LogP) is 4.94. The summed E-state index contributed by atoms with van der Waals surface area (Å²) in [5, 5.41) is 3.48. The van der Waals surface area contributed by atoms with Crippen molar-refractivity contribution in [2.45, 2.75) is 25.3 Å². The smallest absolute Gasteiger partial charge is 0.0377 e. The fourth-order valence-electron chi connectivity index (χ4n) is 4.00. The normalized spacial score (nSPS) is 19.2. The molecule has 2 aromatic carbocycles. The Morgan fingerprint density at radius 1 is 0.800 bits per heavy atom. The highest BCUT2D eigenvalue weighted by molar-refractivity contribution is 5.85. The van der Waals surface area contributed by atoms with Gasteiger partial charge < -0.3 is 5.32 Å². The second-order valence-corrected chi connectivity index (χ2v) is 6.91. The van der Waals surface area contributed by atoms with Gasteiger partial charge in [-0.05, 0) is 35.4 Å². The fraction of sp³-hybridized carbons (Fsp3) is 0.429. The zero-order chi connectivity index (χ0) is 15.5. The maximum absolute atomic E-state index is 3.48. The third-order valence-electron chi connectivity index (χ3n) is 5.50. The van der Waals surface area contributed by atoms with Gasteiger partial charge >= 0.3 is 0 Å². The highest BCUT2D eigenvalue weighted by atomic mass is 35.5. The van der Waals surface area contributed by atoms with Crippen molar-refractivity contribution in [3.63, 3.8) is 0 Å². The molecule has 0 amide bonds. The first-order valence-electron chi connectivity index (χ1n) is 9.02. The minimum atomic E-state index is 0. The Hall–Kier alpha value is -1.06. The van der Waals surface area contributed by atoms with E-state index in [1.54, 1.807) is 0 Å². The van der Waals surface area contributed by atoms with Crippen molar-refractivity contribution in [3.05, 3.63) is 60.2 Å². The van der Waals surface area contributed by atoms with Crippen molar-refractivity contribution in [1.29, 1.82) is 0 Å². The first kappa shape index (κ1) is 20.3. The molecular formula is C21H28Cl2N2. The van der Waals surface area contributed by atoms with Gasteiger partial charge in [-0.25, -0.2) is 0 Å². The Kier molecular flexibility index (Phi) is 7.77. The first-order valence-corrected chi connectivity index (χ1v) is 9.02. The van der Waals surface area contributed by atoms with Gasteiger partial charge in [0.2, 0.25) is 0 Å². The molecule has 1 heterocycles. The Morgan fingerprint density at radius 3 is 1.96 bits per heavy atom. The van der Waals surface area contributed by atoms with Crippen LogP contribution < -0.4 is 5.32 Å². The zero-order valence-corrected chi connectivity index (χ0v) is 16.2. The maximum Gasteiger partial charge on any atom is 0.0377 e. The zero-order valence-electron chi connectivity index (χ0n) is 14.6. The molecule has 136 valence electrons. The van der Waals surface area contributed by atoms with Crippen LogP contribution in [0, 0.1) is 5.92 Å². The number of nitrogens with one attached hydrogen (secondary N) is 1. The molecule has 4 rings (SSSR count). The van der Waals surface area contributed by atoms with E-state index in [2.05, 4.69) is 64.8 Å². The van der Waals surface area contributed by atoms with Gasteiger partial charge in [0.05, 0.1) is 0 Å². The first-order chi connectivity index (χ1) is 11.4. The van der Waals surface area contributed by atoms with E-state index < -0.39 is 0 Å². The lowest BCUT2D eigenvalue weighted by Crippen LogP contribution is -2.47. The van der Waals surface area contributed by atoms with Gasteiger partial charge in [-0.2, -0.15) is 0 Å². The van der Waals surface area contributed by atoms with Crippen LogP contribution in [0.25, 0.3) is 11.1 Å². The molecule has 0 spiro atoms. The SMILES string of the molecule is Cl.Cl.c1ccc(-c2ccc([C@@H](C3CCC3)N3CCNCC3)cc2)cc1. The molecule has 1 aliphatic carbocycles. The summed E-state index contributed by atoms with van der Waals surface area (Å²) in [5.74, 6) is 0.857. The molecule has 2 fully saturated rings. The summed E-state index contributed by atoms with van der Waals surface area (Å²) in [7, 11) is 0. The molecule has 1 aliphatic heterocycles. The molecule has 2 aliphatic rings. The van der Waals surface area contributed by atoms with Crippen molar-refractivity contribution in [3.8, 4) is 11.1 Å². The number of hydrogen-bond acceptors (Lipinski definition) is 2. The van der Waals surface area contributed by atoms with Crippen LogP contribution in [0.15, 0.2) is 54.6 Å². The lowest BCUT2D eigenvalue weighted by molar-refractivity contribution is 0.0837. The van der Waals surface area contributed by atoms with Crippen molar-refractivity contribution < 1.29 is 0 Å². The molecule has 0 radical (unpaired) electrons. The van der Waals surface area contributed by atoms with Crippen LogP contribution in [0.4, 0.5) is 0 Å². The lowest BCUT2D eigenvalue weighted by atomic mass is 9.76. The monoisotopic (exact) mass is 378 g/mol.